The number of carbonyl (C=O) groups is 1. The van der Waals surface area contributed by atoms with E-state index in [0.717, 1.165) is 59.5 Å². The number of aromatic nitrogens is 2. The van der Waals surface area contributed by atoms with Crippen molar-refractivity contribution in [1.82, 2.24) is 9.55 Å². The van der Waals surface area contributed by atoms with Gasteiger partial charge >= 0.3 is 0 Å². The first-order chi connectivity index (χ1) is 14.9. The summed E-state index contributed by atoms with van der Waals surface area (Å²) in [6.07, 6.45) is 2.87. The third kappa shape index (κ3) is 4.11. The zero-order valence-corrected chi connectivity index (χ0v) is 19.0. The first-order valence-corrected chi connectivity index (χ1v) is 11.3. The van der Waals surface area contributed by atoms with E-state index >= 15 is 0 Å². The van der Waals surface area contributed by atoms with Crippen LogP contribution in [0, 0.1) is 26.7 Å². The van der Waals surface area contributed by atoms with Gasteiger partial charge in [0.1, 0.15) is 0 Å². The number of pyridine rings is 1. The van der Waals surface area contributed by atoms with Crippen molar-refractivity contribution >= 4 is 16.7 Å². The number of H-pyrrole nitrogens is 1. The van der Waals surface area contributed by atoms with Gasteiger partial charge in [0, 0.05) is 59.1 Å². The molecule has 0 amide bonds. The second-order valence-corrected chi connectivity index (χ2v) is 8.90. The van der Waals surface area contributed by atoms with E-state index in [-0.39, 0.29) is 11.3 Å². The number of hydrogen-bond acceptors (Lipinski definition) is 3. The van der Waals surface area contributed by atoms with Crippen molar-refractivity contribution in [2.75, 3.05) is 13.2 Å². The van der Waals surface area contributed by atoms with Gasteiger partial charge in [-0.15, -0.1) is 0 Å². The Kier molecular flexibility index (Phi) is 6.15. The Morgan fingerprint density at radius 2 is 1.90 bits per heavy atom. The highest BCUT2D eigenvalue weighted by atomic mass is 16.5. The number of Topliss-reactive ketones (excluding diaryl/α,β-unsaturated/α-hetero) is 1. The summed E-state index contributed by atoms with van der Waals surface area (Å²) in [6.45, 7) is 9.76. The van der Waals surface area contributed by atoms with Crippen LogP contribution in [0.3, 0.4) is 0 Å². The number of aromatic amines is 1. The van der Waals surface area contributed by atoms with Gasteiger partial charge in [0.25, 0.3) is 5.56 Å². The molecule has 0 bridgehead atoms. The second kappa shape index (κ2) is 8.83. The molecule has 5 heteroatoms. The zero-order valence-electron chi connectivity index (χ0n) is 19.0. The molecule has 2 aromatic heterocycles. The molecule has 1 aliphatic rings. The lowest BCUT2D eigenvalue weighted by atomic mass is 9.92. The molecule has 3 heterocycles. The van der Waals surface area contributed by atoms with Gasteiger partial charge in [-0.05, 0) is 70.6 Å². The Labute approximate surface area is 183 Å². The minimum Gasteiger partial charge on any atom is -0.381 e. The standard InChI is InChI=1S/C26H32N2O3/c1-16-15-17(2)27-26(30)21(16)9-10-24(29)25-19(4)28(23-8-6-5-7-22(23)25)18(3)20-11-13-31-14-12-20/h5-8,15,18,20H,9-14H2,1-4H3,(H,27,30)/t18-/m0/s1. The summed E-state index contributed by atoms with van der Waals surface area (Å²) in [7, 11) is 0. The lowest BCUT2D eigenvalue weighted by Gasteiger charge is -2.30. The molecule has 1 atom stereocenters. The van der Waals surface area contributed by atoms with Crippen LogP contribution in [-0.4, -0.2) is 28.5 Å². The highest BCUT2D eigenvalue weighted by molar-refractivity contribution is 6.09. The summed E-state index contributed by atoms with van der Waals surface area (Å²) >= 11 is 0. The first kappa shape index (κ1) is 21.6. The fourth-order valence-electron chi connectivity index (χ4n) is 5.23. The Morgan fingerprint density at radius 3 is 2.61 bits per heavy atom. The molecule has 5 nitrogen and oxygen atoms in total. The minimum atomic E-state index is -0.0856. The Bertz CT molecular complexity index is 1170. The smallest absolute Gasteiger partial charge is 0.251 e. The van der Waals surface area contributed by atoms with E-state index in [1.165, 1.54) is 0 Å². The van der Waals surface area contributed by atoms with Crippen molar-refractivity contribution in [3.63, 3.8) is 0 Å². The summed E-state index contributed by atoms with van der Waals surface area (Å²) < 4.78 is 7.91. The number of fused-ring (bicyclic) bond motifs is 1. The highest BCUT2D eigenvalue weighted by Gasteiger charge is 2.27. The molecule has 1 fully saturated rings. The summed E-state index contributed by atoms with van der Waals surface area (Å²) in [5.41, 5.74) is 5.36. The van der Waals surface area contributed by atoms with Gasteiger partial charge in [-0.25, -0.2) is 0 Å². The van der Waals surface area contributed by atoms with Crippen LogP contribution >= 0.6 is 0 Å². The maximum Gasteiger partial charge on any atom is 0.251 e. The summed E-state index contributed by atoms with van der Waals surface area (Å²) in [4.78, 5) is 28.6. The highest BCUT2D eigenvalue weighted by Crippen LogP contribution is 2.35. The minimum absolute atomic E-state index is 0.0856. The van der Waals surface area contributed by atoms with Gasteiger partial charge < -0.3 is 14.3 Å². The number of ether oxygens (including phenoxy) is 1. The molecule has 0 spiro atoms. The van der Waals surface area contributed by atoms with Crippen LogP contribution in [0.5, 0.6) is 0 Å². The number of aryl methyl sites for hydroxylation is 2. The van der Waals surface area contributed by atoms with E-state index in [0.29, 0.717) is 30.4 Å². The third-order valence-electron chi connectivity index (χ3n) is 6.89. The van der Waals surface area contributed by atoms with Crippen LogP contribution in [0.1, 0.15) is 65.1 Å². The number of nitrogens with one attached hydrogen (secondary N) is 1. The quantitative estimate of drug-likeness (QED) is 0.567. The molecule has 0 saturated carbocycles. The number of nitrogens with zero attached hydrogens (tertiary/aromatic N) is 1. The number of carbonyl (C=O) groups excluding carboxylic acids is 1. The summed E-state index contributed by atoms with van der Waals surface area (Å²) in [5, 5.41) is 1.01. The van der Waals surface area contributed by atoms with E-state index in [1.807, 2.05) is 38.1 Å². The van der Waals surface area contributed by atoms with Gasteiger partial charge in [0.15, 0.2) is 5.78 Å². The normalized spacial score (nSPS) is 16.0. The Morgan fingerprint density at radius 1 is 1.19 bits per heavy atom. The SMILES string of the molecule is Cc1cc(C)c(CCC(=O)c2c(C)n([C@@H](C)C3CCOCC3)c3ccccc23)c(=O)[nH]1. The van der Waals surface area contributed by atoms with Gasteiger partial charge in [-0.2, -0.15) is 0 Å². The predicted octanol–water partition coefficient (Wildman–Crippen LogP) is 5.06. The van der Waals surface area contributed by atoms with E-state index in [9.17, 15) is 9.59 Å². The van der Waals surface area contributed by atoms with Crippen LogP contribution in [0.15, 0.2) is 35.1 Å². The fraction of sp³-hybridized carbons (Fsp3) is 0.462. The monoisotopic (exact) mass is 420 g/mol. The van der Waals surface area contributed by atoms with Crippen LogP contribution in [0.4, 0.5) is 0 Å². The average Bonchev–Trinajstić information content (AvgIpc) is 3.04. The van der Waals surface area contributed by atoms with E-state index in [2.05, 4.69) is 29.5 Å². The van der Waals surface area contributed by atoms with Gasteiger partial charge in [0.05, 0.1) is 0 Å². The molecule has 0 unspecified atom stereocenters. The molecular weight excluding hydrogens is 388 g/mol. The largest absolute Gasteiger partial charge is 0.381 e. The molecule has 1 aliphatic heterocycles. The lowest BCUT2D eigenvalue weighted by Crippen LogP contribution is -2.24. The lowest BCUT2D eigenvalue weighted by molar-refractivity contribution is 0.0517. The maximum absolute atomic E-state index is 13.4. The molecule has 0 radical (unpaired) electrons. The molecule has 1 aromatic carbocycles. The molecule has 31 heavy (non-hydrogen) atoms. The summed E-state index contributed by atoms with van der Waals surface area (Å²) in [6, 6.07) is 10.5. The Balaban J connectivity index is 1.67. The van der Waals surface area contributed by atoms with E-state index < -0.39 is 0 Å². The zero-order chi connectivity index (χ0) is 22.1. The summed E-state index contributed by atoms with van der Waals surface area (Å²) in [5.74, 6) is 0.644. The van der Waals surface area contributed by atoms with Crippen LogP contribution in [-0.2, 0) is 11.2 Å². The number of ketones is 1. The molecular formula is C26H32N2O3. The topological polar surface area (TPSA) is 64.1 Å². The number of benzene rings is 1. The van der Waals surface area contributed by atoms with Gasteiger partial charge in [0.2, 0.25) is 0 Å². The molecule has 1 saturated heterocycles. The fourth-order valence-corrected chi connectivity index (χ4v) is 5.23. The number of hydrogen-bond donors (Lipinski definition) is 1. The van der Waals surface area contributed by atoms with Crippen molar-refractivity contribution in [2.45, 2.75) is 59.4 Å². The van der Waals surface area contributed by atoms with Crippen molar-refractivity contribution in [3.8, 4) is 0 Å². The molecule has 3 aromatic rings. The maximum atomic E-state index is 13.4. The molecule has 4 rings (SSSR count). The molecule has 0 aliphatic carbocycles. The molecule has 164 valence electrons. The van der Waals surface area contributed by atoms with Crippen molar-refractivity contribution in [3.05, 3.63) is 68.8 Å². The van der Waals surface area contributed by atoms with E-state index in [1.54, 1.807) is 0 Å². The van der Waals surface area contributed by atoms with Crippen LogP contribution in [0.25, 0.3) is 10.9 Å². The predicted molar refractivity (Wildman–Crippen MR) is 124 cm³/mol. The number of rotatable bonds is 6. The Hall–Kier alpha value is -2.66. The first-order valence-electron chi connectivity index (χ1n) is 11.3. The van der Waals surface area contributed by atoms with Crippen LogP contribution < -0.4 is 5.56 Å². The van der Waals surface area contributed by atoms with Crippen molar-refractivity contribution < 1.29 is 9.53 Å². The second-order valence-electron chi connectivity index (χ2n) is 8.90. The number of para-hydroxylation sites is 1. The molecule has 1 N–H and O–H groups in total. The average molecular weight is 421 g/mol. The van der Waals surface area contributed by atoms with Crippen molar-refractivity contribution in [2.24, 2.45) is 5.92 Å². The van der Waals surface area contributed by atoms with Gasteiger partial charge in [-0.3, -0.25) is 9.59 Å². The third-order valence-corrected chi connectivity index (χ3v) is 6.89. The van der Waals surface area contributed by atoms with Crippen LogP contribution in [0.2, 0.25) is 0 Å². The van der Waals surface area contributed by atoms with Gasteiger partial charge in [-0.1, -0.05) is 18.2 Å². The van der Waals surface area contributed by atoms with Crippen molar-refractivity contribution in [1.29, 1.82) is 0 Å². The van der Waals surface area contributed by atoms with E-state index in [4.69, 9.17) is 4.74 Å².